The van der Waals surface area contributed by atoms with Gasteiger partial charge in [-0.15, -0.1) is 0 Å². The first-order valence-corrected chi connectivity index (χ1v) is 5.25. The van der Waals surface area contributed by atoms with Gasteiger partial charge in [-0.2, -0.15) is 0 Å². The first-order valence-electron chi connectivity index (χ1n) is 5.25. The third-order valence-electron chi connectivity index (χ3n) is 2.15. The number of hydrogen-bond acceptors (Lipinski definition) is 3. The average molecular weight is 208 g/mol. The van der Waals surface area contributed by atoms with E-state index in [0.29, 0.717) is 13.2 Å². The van der Waals surface area contributed by atoms with E-state index in [9.17, 15) is 0 Å². The van der Waals surface area contributed by atoms with Gasteiger partial charge < -0.3 is 14.2 Å². The van der Waals surface area contributed by atoms with Gasteiger partial charge in [0.15, 0.2) is 6.29 Å². The molecule has 1 aliphatic rings. The minimum Gasteiger partial charge on any atom is -0.491 e. The number of ether oxygens (including phenoxy) is 3. The van der Waals surface area contributed by atoms with E-state index in [0.717, 1.165) is 11.3 Å². The lowest BCUT2D eigenvalue weighted by molar-refractivity contribution is -0.0441. The van der Waals surface area contributed by atoms with Crippen molar-refractivity contribution in [1.29, 1.82) is 0 Å². The molecule has 1 heterocycles. The Balaban J connectivity index is 2.03. The highest BCUT2D eigenvalue weighted by Gasteiger charge is 2.17. The topological polar surface area (TPSA) is 27.7 Å². The van der Waals surface area contributed by atoms with Crippen molar-refractivity contribution in [3.8, 4) is 5.75 Å². The van der Waals surface area contributed by atoms with E-state index in [-0.39, 0.29) is 12.4 Å². The van der Waals surface area contributed by atoms with Gasteiger partial charge in [-0.25, -0.2) is 0 Å². The van der Waals surface area contributed by atoms with Crippen LogP contribution in [-0.4, -0.2) is 19.3 Å². The van der Waals surface area contributed by atoms with E-state index in [1.165, 1.54) is 0 Å². The lowest BCUT2D eigenvalue weighted by Gasteiger charge is -2.12. The molecular weight excluding hydrogens is 192 g/mol. The average Bonchev–Trinajstić information content (AvgIpc) is 2.71. The summed E-state index contributed by atoms with van der Waals surface area (Å²) in [5.74, 6) is 0.881. The van der Waals surface area contributed by atoms with Crippen LogP contribution in [0.4, 0.5) is 0 Å². The van der Waals surface area contributed by atoms with Crippen molar-refractivity contribution >= 4 is 0 Å². The Morgan fingerprint density at radius 3 is 2.27 bits per heavy atom. The monoisotopic (exact) mass is 208 g/mol. The molecule has 0 unspecified atom stereocenters. The smallest absolute Gasteiger partial charge is 0.184 e. The van der Waals surface area contributed by atoms with Gasteiger partial charge in [0.25, 0.3) is 0 Å². The van der Waals surface area contributed by atoms with Gasteiger partial charge in [-0.1, -0.05) is 12.1 Å². The molecule has 1 aliphatic heterocycles. The molecule has 1 aromatic rings. The van der Waals surface area contributed by atoms with Crippen LogP contribution >= 0.6 is 0 Å². The van der Waals surface area contributed by atoms with Crippen LogP contribution in [0.2, 0.25) is 0 Å². The second-order valence-electron chi connectivity index (χ2n) is 3.81. The predicted molar refractivity (Wildman–Crippen MR) is 56.9 cm³/mol. The van der Waals surface area contributed by atoms with Crippen molar-refractivity contribution < 1.29 is 14.2 Å². The molecule has 1 saturated heterocycles. The zero-order chi connectivity index (χ0) is 10.7. The minimum atomic E-state index is -0.196. The molecule has 0 aliphatic carbocycles. The molecule has 0 aromatic heterocycles. The maximum atomic E-state index is 5.55. The molecule has 0 bridgehead atoms. The second kappa shape index (κ2) is 4.64. The van der Waals surface area contributed by atoms with E-state index in [1.807, 2.05) is 38.1 Å². The van der Waals surface area contributed by atoms with E-state index < -0.39 is 0 Å². The van der Waals surface area contributed by atoms with Crippen LogP contribution in [0.15, 0.2) is 24.3 Å². The molecule has 0 amide bonds. The van der Waals surface area contributed by atoms with Crippen molar-refractivity contribution in [1.82, 2.24) is 0 Å². The lowest BCUT2D eigenvalue weighted by Crippen LogP contribution is -2.05. The maximum Gasteiger partial charge on any atom is 0.184 e. The Hall–Kier alpha value is -1.06. The van der Waals surface area contributed by atoms with E-state index in [1.54, 1.807) is 0 Å². The summed E-state index contributed by atoms with van der Waals surface area (Å²) in [6.45, 7) is 5.37. The molecule has 1 fully saturated rings. The van der Waals surface area contributed by atoms with Crippen LogP contribution < -0.4 is 4.74 Å². The van der Waals surface area contributed by atoms with Crippen molar-refractivity contribution in [3.63, 3.8) is 0 Å². The van der Waals surface area contributed by atoms with Crippen molar-refractivity contribution in [2.24, 2.45) is 0 Å². The Morgan fingerprint density at radius 1 is 1.13 bits per heavy atom. The van der Waals surface area contributed by atoms with Crippen LogP contribution in [0.25, 0.3) is 0 Å². The van der Waals surface area contributed by atoms with Gasteiger partial charge in [-0.05, 0) is 26.0 Å². The normalized spacial score (nSPS) is 17.3. The van der Waals surface area contributed by atoms with Gasteiger partial charge in [0, 0.05) is 5.56 Å². The van der Waals surface area contributed by atoms with Crippen LogP contribution in [0.3, 0.4) is 0 Å². The summed E-state index contributed by atoms with van der Waals surface area (Å²) in [6, 6.07) is 7.85. The standard InChI is InChI=1S/C12H16O3/c1-9(2)15-11-5-3-10(4-6-11)12-13-7-8-14-12/h3-6,9,12H,7-8H2,1-2H3. The lowest BCUT2D eigenvalue weighted by atomic mass is 10.2. The Morgan fingerprint density at radius 2 is 1.73 bits per heavy atom. The quantitative estimate of drug-likeness (QED) is 0.764. The number of hydrogen-bond donors (Lipinski definition) is 0. The molecule has 82 valence electrons. The minimum absolute atomic E-state index is 0.196. The second-order valence-corrected chi connectivity index (χ2v) is 3.81. The molecular formula is C12H16O3. The molecule has 1 aromatic carbocycles. The molecule has 3 nitrogen and oxygen atoms in total. The van der Waals surface area contributed by atoms with Crippen LogP contribution in [-0.2, 0) is 9.47 Å². The van der Waals surface area contributed by atoms with Crippen LogP contribution in [0.5, 0.6) is 5.75 Å². The van der Waals surface area contributed by atoms with Gasteiger partial charge in [0.1, 0.15) is 5.75 Å². The number of benzene rings is 1. The maximum absolute atomic E-state index is 5.55. The molecule has 0 radical (unpaired) electrons. The number of rotatable bonds is 3. The first kappa shape index (κ1) is 10.5. The zero-order valence-corrected chi connectivity index (χ0v) is 9.10. The molecule has 0 atom stereocenters. The summed E-state index contributed by atoms with van der Waals surface area (Å²) < 4.78 is 16.3. The first-order chi connectivity index (χ1) is 7.25. The summed E-state index contributed by atoms with van der Waals surface area (Å²) in [7, 11) is 0. The summed E-state index contributed by atoms with van der Waals surface area (Å²) in [5.41, 5.74) is 1.05. The van der Waals surface area contributed by atoms with Gasteiger partial charge in [-0.3, -0.25) is 0 Å². The van der Waals surface area contributed by atoms with Gasteiger partial charge in [0.05, 0.1) is 19.3 Å². The Bertz CT molecular complexity index is 299. The predicted octanol–water partition coefficient (Wildman–Crippen LogP) is 2.52. The van der Waals surface area contributed by atoms with E-state index in [4.69, 9.17) is 14.2 Å². The summed E-state index contributed by atoms with van der Waals surface area (Å²) in [5, 5.41) is 0. The highest BCUT2D eigenvalue weighted by Crippen LogP contribution is 2.25. The molecule has 0 N–H and O–H groups in total. The van der Waals surface area contributed by atoms with Crippen LogP contribution in [0.1, 0.15) is 25.7 Å². The summed E-state index contributed by atoms with van der Waals surface area (Å²) in [4.78, 5) is 0. The highest BCUT2D eigenvalue weighted by molar-refractivity contribution is 5.28. The van der Waals surface area contributed by atoms with Crippen LogP contribution in [0, 0.1) is 0 Å². The molecule has 3 heteroatoms. The molecule has 0 saturated carbocycles. The summed E-state index contributed by atoms with van der Waals surface area (Å²) in [6.07, 6.45) is 0.00734. The SMILES string of the molecule is CC(C)Oc1ccc(C2OCCO2)cc1. The fourth-order valence-electron chi connectivity index (χ4n) is 1.53. The van der Waals surface area contributed by atoms with Gasteiger partial charge >= 0.3 is 0 Å². The molecule has 15 heavy (non-hydrogen) atoms. The summed E-state index contributed by atoms with van der Waals surface area (Å²) >= 11 is 0. The molecule has 0 spiro atoms. The fraction of sp³-hybridized carbons (Fsp3) is 0.500. The third kappa shape index (κ3) is 2.70. The van der Waals surface area contributed by atoms with E-state index in [2.05, 4.69) is 0 Å². The van der Waals surface area contributed by atoms with Gasteiger partial charge in [0.2, 0.25) is 0 Å². The van der Waals surface area contributed by atoms with E-state index >= 15 is 0 Å². The highest BCUT2D eigenvalue weighted by atomic mass is 16.7. The largest absolute Gasteiger partial charge is 0.491 e. The van der Waals surface area contributed by atoms with Crippen molar-refractivity contribution in [3.05, 3.63) is 29.8 Å². The zero-order valence-electron chi connectivity index (χ0n) is 9.10. The van der Waals surface area contributed by atoms with Crippen molar-refractivity contribution in [2.45, 2.75) is 26.2 Å². The fourth-order valence-corrected chi connectivity index (χ4v) is 1.53. The third-order valence-corrected chi connectivity index (χ3v) is 2.15. The Kier molecular flexibility index (Phi) is 3.23. The Labute approximate surface area is 90.0 Å². The molecule has 2 rings (SSSR count). The van der Waals surface area contributed by atoms with Crippen molar-refractivity contribution in [2.75, 3.05) is 13.2 Å².